The Balaban J connectivity index is 0.000000194. The first-order valence-electron chi connectivity index (χ1n) is 16.9. The molecule has 6 rings (SSSR count). The third kappa shape index (κ3) is 8.60. The lowest BCUT2D eigenvalue weighted by Crippen LogP contribution is -2.16. The van der Waals surface area contributed by atoms with Crippen molar-refractivity contribution in [2.45, 2.75) is 84.3 Å². The summed E-state index contributed by atoms with van der Waals surface area (Å²) in [5.74, 6) is -0.441. The first-order chi connectivity index (χ1) is 24.0. The molecule has 2 aliphatic carbocycles. The fraction of sp³-hybridized carbons (Fsp3) is 0.300. The van der Waals surface area contributed by atoms with E-state index in [4.69, 9.17) is 9.47 Å². The molecule has 8 nitrogen and oxygen atoms in total. The molecule has 10 heteroatoms. The molecule has 0 aliphatic heterocycles. The molecule has 0 saturated carbocycles. The lowest BCUT2D eigenvalue weighted by molar-refractivity contribution is -0.143. The van der Waals surface area contributed by atoms with Crippen molar-refractivity contribution >= 4 is 37.2 Å². The lowest BCUT2D eigenvalue weighted by Gasteiger charge is -2.25. The van der Waals surface area contributed by atoms with Gasteiger partial charge in [-0.2, -0.15) is 0 Å². The summed E-state index contributed by atoms with van der Waals surface area (Å²) in [6.45, 7) is 4.29. The van der Waals surface area contributed by atoms with Crippen LogP contribution in [0.1, 0.15) is 74.1 Å². The zero-order valence-corrected chi connectivity index (χ0v) is 30.0. The SMILES string of the molecule is CCOC(=O)/C=C1\CCCc2cc(S(=O)(=O)c3ccccc3)ccc21.CCOC(=O)CC1CCCc2cc(S(=O)(=O)c3ccccc3)ccc21. The average molecular weight is 715 g/mol. The van der Waals surface area contributed by atoms with E-state index in [9.17, 15) is 26.4 Å². The number of esters is 2. The van der Waals surface area contributed by atoms with E-state index >= 15 is 0 Å². The second-order valence-electron chi connectivity index (χ2n) is 12.2. The minimum atomic E-state index is -3.53. The standard InChI is InChI=1S/C20H22O4S.C20H20O4S/c2*1-2-24-20(21)14-16-8-6-7-15-13-18(11-12-19(15)16)25(22,23)17-9-4-3-5-10-17/h3-5,9-13,16H,2,6-8,14H2,1H3;3-5,9-14H,2,6-8H2,1H3/b;16-14+. The van der Waals surface area contributed by atoms with Crippen molar-refractivity contribution in [1.29, 1.82) is 0 Å². The van der Waals surface area contributed by atoms with Gasteiger partial charge in [0.2, 0.25) is 19.7 Å². The summed E-state index contributed by atoms with van der Waals surface area (Å²) >= 11 is 0. The average Bonchev–Trinajstić information content (AvgIpc) is 3.12. The Bertz CT molecular complexity index is 2070. The highest BCUT2D eigenvalue weighted by molar-refractivity contribution is 7.91. The molecule has 0 radical (unpaired) electrons. The monoisotopic (exact) mass is 714 g/mol. The molecule has 0 N–H and O–H groups in total. The summed E-state index contributed by atoms with van der Waals surface area (Å²) in [5.41, 5.74) is 4.90. The van der Waals surface area contributed by atoms with Crippen molar-refractivity contribution < 1.29 is 35.9 Å². The summed E-state index contributed by atoms with van der Waals surface area (Å²) in [5, 5.41) is 0. The molecule has 50 heavy (non-hydrogen) atoms. The van der Waals surface area contributed by atoms with Gasteiger partial charge in [0.05, 0.1) is 39.2 Å². The van der Waals surface area contributed by atoms with Gasteiger partial charge in [0, 0.05) is 6.08 Å². The van der Waals surface area contributed by atoms with Gasteiger partial charge < -0.3 is 9.47 Å². The molecule has 0 aromatic heterocycles. The number of carbonyl (C=O) groups excluding carboxylic acids is 2. The third-order valence-corrected chi connectivity index (χ3v) is 12.4. The number of allylic oxidation sites excluding steroid dienone is 1. The van der Waals surface area contributed by atoms with E-state index in [1.54, 1.807) is 105 Å². The van der Waals surface area contributed by atoms with Crippen LogP contribution in [0.15, 0.2) is 123 Å². The summed E-state index contributed by atoms with van der Waals surface area (Å²) in [6.07, 6.45) is 7.06. The lowest BCUT2D eigenvalue weighted by atomic mass is 9.81. The quantitative estimate of drug-likeness (QED) is 0.128. The Morgan fingerprint density at radius 3 is 1.82 bits per heavy atom. The Labute approximate surface area is 295 Å². The first kappa shape index (κ1) is 36.7. The number of rotatable bonds is 9. The fourth-order valence-corrected chi connectivity index (χ4v) is 9.16. The number of sulfone groups is 2. The summed E-state index contributed by atoms with van der Waals surface area (Å²) < 4.78 is 61.2. The Kier molecular flexibility index (Phi) is 12.1. The zero-order chi connectivity index (χ0) is 35.7. The second-order valence-corrected chi connectivity index (χ2v) is 16.1. The highest BCUT2D eigenvalue weighted by atomic mass is 32.2. The molecule has 2 aliphatic rings. The van der Waals surface area contributed by atoms with E-state index in [-0.39, 0.29) is 27.6 Å². The van der Waals surface area contributed by atoms with E-state index in [1.807, 2.05) is 6.07 Å². The maximum absolute atomic E-state index is 12.8. The Morgan fingerprint density at radius 1 is 0.660 bits per heavy atom. The van der Waals surface area contributed by atoms with Gasteiger partial charge in [0.1, 0.15) is 0 Å². The number of carbonyl (C=O) groups is 2. The molecule has 0 saturated heterocycles. The zero-order valence-electron chi connectivity index (χ0n) is 28.3. The van der Waals surface area contributed by atoms with Crippen LogP contribution < -0.4 is 0 Å². The number of hydrogen-bond acceptors (Lipinski definition) is 8. The molecule has 0 spiro atoms. The highest BCUT2D eigenvalue weighted by Gasteiger charge is 2.26. The van der Waals surface area contributed by atoms with Gasteiger partial charge in [0.25, 0.3) is 0 Å². The van der Waals surface area contributed by atoms with Gasteiger partial charge in [-0.05, 0) is 135 Å². The molecule has 0 bridgehead atoms. The predicted molar refractivity (Wildman–Crippen MR) is 191 cm³/mol. The summed E-state index contributed by atoms with van der Waals surface area (Å²) in [4.78, 5) is 24.7. The number of hydrogen-bond donors (Lipinski definition) is 0. The van der Waals surface area contributed by atoms with Crippen LogP contribution in [0.5, 0.6) is 0 Å². The molecule has 4 aromatic rings. The van der Waals surface area contributed by atoms with Crippen molar-refractivity contribution in [3.63, 3.8) is 0 Å². The Morgan fingerprint density at radius 2 is 1.22 bits per heavy atom. The maximum atomic E-state index is 12.8. The van der Waals surface area contributed by atoms with Gasteiger partial charge >= 0.3 is 11.9 Å². The van der Waals surface area contributed by atoms with Gasteiger partial charge in [-0.15, -0.1) is 0 Å². The van der Waals surface area contributed by atoms with Crippen LogP contribution in [0.2, 0.25) is 0 Å². The van der Waals surface area contributed by atoms with Gasteiger partial charge in [-0.1, -0.05) is 48.5 Å². The third-order valence-electron chi connectivity index (χ3n) is 8.89. The normalized spacial score (nSPS) is 16.3. The van der Waals surface area contributed by atoms with Crippen molar-refractivity contribution in [3.05, 3.63) is 125 Å². The summed E-state index contributed by atoms with van der Waals surface area (Å²) in [7, 11) is -7.05. The van der Waals surface area contributed by atoms with Gasteiger partial charge in [0.15, 0.2) is 0 Å². The minimum absolute atomic E-state index is 0.108. The highest BCUT2D eigenvalue weighted by Crippen LogP contribution is 2.37. The largest absolute Gasteiger partial charge is 0.466 e. The van der Waals surface area contributed by atoms with Crippen LogP contribution in [0.25, 0.3) is 5.57 Å². The molecule has 0 heterocycles. The molecule has 1 atom stereocenters. The molecular formula is C40H42O8S2. The van der Waals surface area contributed by atoms with Gasteiger partial charge in [-0.25, -0.2) is 21.6 Å². The number of benzene rings is 4. The van der Waals surface area contributed by atoms with Crippen LogP contribution in [0, 0.1) is 0 Å². The van der Waals surface area contributed by atoms with Crippen molar-refractivity contribution in [2.24, 2.45) is 0 Å². The van der Waals surface area contributed by atoms with Crippen LogP contribution >= 0.6 is 0 Å². The number of fused-ring (bicyclic) bond motifs is 2. The van der Waals surface area contributed by atoms with E-state index < -0.39 is 19.7 Å². The number of aryl methyl sites for hydroxylation is 2. The molecule has 262 valence electrons. The number of ether oxygens (including phenoxy) is 2. The summed E-state index contributed by atoms with van der Waals surface area (Å²) in [6, 6.07) is 27.3. The predicted octanol–water partition coefficient (Wildman–Crippen LogP) is 7.69. The van der Waals surface area contributed by atoms with Crippen molar-refractivity contribution in [3.8, 4) is 0 Å². The van der Waals surface area contributed by atoms with Crippen LogP contribution in [0.4, 0.5) is 0 Å². The van der Waals surface area contributed by atoms with E-state index in [1.165, 1.54) is 6.08 Å². The molecular weight excluding hydrogens is 673 g/mol. The molecule has 4 aromatic carbocycles. The fourth-order valence-electron chi connectivity index (χ4n) is 6.50. The van der Waals surface area contributed by atoms with Crippen LogP contribution in [-0.2, 0) is 51.6 Å². The smallest absolute Gasteiger partial charge is 0.331 e. The van der Waals surface area contributed by atoms with Gasteiger partial charge in [-0.3, -0.25) is 4.79 Å². The van der Waals surface area contributed by atoms with Crippen LogP contribution in [0.3, 0.4) is 0 Å². The maximum Gasteiger partial charge on any atom is 0.331 e. The first-order valence-corrected chi connectivity index (χ1v) is 19.9. The van der Waals surface area contributed by atoms with E-state index in [2.05, 4.69) is 0 Å². The van der Waals surface area contributed by atoms with Crippen molar-refractivity contribution in [2.75, 3.05) is 13.2 Å². The molecule has 0 amide bonds. The van der Waals surface area contributed by atoms with Crippen LogP contribution in [-0.4, -0.2) is 42.0 Å². The van der Waals surface area contributed by atoms with E-state index in [0.717, 1.165) is 66.4 Å². The molecule has 0 fully saturated rings. The minimum Gasteiger partial charge on any atom is -0.466 e. The second kappa shape index (κ2) is 16.4. The molecule has 1 unspecified atom stereocenters. The van der Waals surface area contributed by atoms with Crippen molar-refractivity contribution in [1.82, 2.24) is 0 Å². The topological polar surface area (TPSA) is 121 Å². The van der Waals surface area contributed by atoms with E-state index in [0.29, 0.717) is 29.4 Å². The Hall–Kier alpha value is -4.54.